The molecule has 0 aliphatic rings. The average molecular weight is 256 g/mol. The number of carbonyl (C=O) groups is 2. The molecule has 0 aromatic heterocycles. The van der Waals surface area contributed by atoms with Crippen LogP contribution in [0.1, 0.15) is 13.8 Å². The molecule has 0 spiro atoms. The molecule has 0 bridgehead atoms. The Hall–Kier alpha value is -1.55. The molecule has 1 amide bonds. The van der Waals surface area contributed by atoms with Crippen LogP contribution in [0.25, 0.3) is 0 Å². The van der Waals surface area contributed by atoms with Crippen LogP contribution < -0.4 is 5.32 Å². The highest BCUT2D eigenvalue weighted by atomic mass is 35.5. The Morgan fingerprint density at radius 1 is 1.29 bits per heavy atom. The number of anilines is 1. The molecule has 92 valence electrons. The number of hydrogen-bond donors (Lipinski definition) is 2. The Labute approximate surface area is 105 Å². The average Bonchev–Trinajstić information content (AvgIpc) is 2.20. The van der Waals surface area contributed by atoms with E-state index in [9.17, 15) is 9.59 Å². The lowest BCUT2D eigenvalue weighted by molar-refractivity contribution is -0.147. The summed E-state index contributed by atoms with van der Waals surface area (Å²) in [4.78, 5) is 22.8. The van der Waals surface area contributed by atoms with E-state index in [0.29, 0.717) is 10.7 Å². The van der Waals surface area contributed by atoms with Gasteiger partial charge in [-0.25, -0.2) is 0 Å². The van der Waals surface area contributed by atoms with E-state index in [1.165, 1.54) is 0 Å². The number of carbonyl (C=O) groups excluding carboxylic acids is 1. The third kappa shape index (κ3) is 3.46. The summed E-state index contributed by atoms with van der Waals surface area (Å²) >= 11 is 5.87. The molecule has 0 fully saturated rings. The first-order valence-corrected chi connectivity index (χ1v) is 5.59. The van der Waals surface area contributed by atoms with Crippen molar-refractivity contribution >= 4 is 29.2 Å². The van der Waals surface area contributed by atoms with Gasteiger partial charge in [0, 0.05) is 0 Å². The van der Waals surface area contributed by atoms with Gasteiger partial charge in [-0.15, -0.1) is 0 Å². The lowest BCUT2D eigenvalue weighted by Crippen LogP contribution is -2.33. The minimum Gasteiger partial charge on any atom is -0.481 e. The number of para-hydroxylation sites is 1. The van der Waals surface area contributed by atoms with Gasteiger partial charge >= 0.3 is 5.97 Å². The first-order chi connectivity index (χ1) is 7.93. The fourth-order valence-corrected chi connectivity index (χ4v) is 1.66. The van der Waals surface area contributed by atoms with Gasteiger partial charge < -0.3 is 10.4 Å². The van der Waals surface area contributed by atoms with Crippen LogP contribution in [0.15, 0.2) is 24.3 Å². The van der Waals surface area contributed by atoms with Crippen molar-refractivity contribution in [3.8, 4) is 0 Å². The minimum atomic E-state index is -1.13. The highest BCUT2D eigenvalue weighted by Crippen LogP contribution is 2.22. The van der Waals surface area contributed by atoms with Gasteiger partial charge in [-0.05, 0) is 18.1 Å². The third-order valence-electron chi connectivity index (χ3n) is 2.35. The maximum atomic E-state index is 11.8. The van der Waals surface area contributed by atoms with E-state index >= 15 is 0 Å². The van der Waals surface area contributed by atoms with Gasteiger partial charge in [0.15, 0.2) is 0 Å². The van der Waals surface area contributed by atoms with Crippen LogP contribution >= 0.6 is 11.6 Å². The number of hydrogen-bond acceptors (Lipinski definition) is 2. The summed E-state index contributed by atoms with van der Waals surface area (Å²) < 4.78 is 0. The van der Waals surface area contributed by atoms with Gasteiger partial charge in [-0.3, -0.25) is 9.59 Å². The summed E-state index contributed by atoms with van der Waals surface area (Å²) in [7, 11) is 0. The van der Waals surface area contributed by atoms with Crippen LogP contribution in [-0.4, -0.2) is 17.0 Å². The van der Waals surface area contributed by atoms with E-state index in [2.05, 4.69) is 5.32 Å². The van der Waals surface area contributed by atoms with Gasteiger partial charge in [-0.2, -0.15) is 0 Å². The molecule has 1 atom stereocenters. The van der Waals surface area contributed by atoms with E-state index in [0.717, 1.165) is 0 Å². The van der Waals surface area contributed by atoms with Crippen molar-refractivity contribution < 1.29 is 14.7 Å². The number of halogens is 1. The van der Waals surface area contributed by atoms with E-state index in [1.54, 1.807) is 38.1 Å². The molecule has 0 aliphatic heterocycles. The normalized spacial score (nSPS) is 12.2. The number of benzene rings is 1. The second kappa shape index (κ2) is 5.68. The fraction of sp³-hybridized carbons (Fsp3) is 0.333. The SMILES string of the molecule is CC(C)C(C(=O)O)C(=O)Nc1ccccc1Cl. The number of nitrogens with one attached hydrogen (secondary N) is 1. The summed E-state index contributed by atoms with van der Waals surface area (Å²) in [5.41, 5.74) is 0.422. The van der Waals surface area contributed by atoms with Gasteiger partial charge in [-0.1, -0.05) is 37.6 Å². The summed E-state index contributed by atoms with van der Waals surface area (Å²) in [5.74, 6) is -3.05. The summed E-state index contributed by atoms with van der Waals surface area (Å²) in [6.07, 6.45) is 0. The van der Waals surface area contributed by atoms with Crippen LogP contribution in [0.4, 0.5) is 5.69 Å². The van der Waals surface area contributed by atoms with Crippen LogP contribution in [0.3, 0.4) is 0 Å². The first kappa shape index (κ1) is 13.5. The van der Waals surface area contributed by atoms with E-state index in [1.807, 2.05) is 0 Å². The lowest BCUT2D eigenvalue weighted by atomic mass is 9.95. The Kier molecular flexibility index (Phi) is 4.52. The van der Waals surface area contributed by atoms with Crippen molar-refractivity contribution in [2.24, 2.45) is 11.8 Å². The van der Waals surface area contributed by atoms with Gasteiger partial charge in [0.1, 0.15) is 5.92 Å². The molecule has 1 rings (SSSR count). The van der Waals surface area contributed by atoms with Crippen LogP contribution in [0.2, 0.25) is 5.02 Å². The van der Waals surface area contributed by atoms with Gasteiger partial charge in [0.2, 0.25) is 5.91 Å². The monoisotopic (exact) mass is 255 g/mol. The Morgan fingerprint density at radius 3 is 2.35 bits per heavy atom. The molecule has 2 N–H and O–H groups in total. The van der Waals surface area contributed by atoms with Gasteiger partial charge in [0.05, 0.1) is 10.7 Å². The third-order valence-corrected chi connectivity index (χ3v) is 2.68. The van der Waals surface area contributed by atoms with Crippen molar-refractivity contribution in [1.29, 1.82) is 0 Å². The molecule has 0 saturated heterocycles. The van der Waals surface area contributed by atoms with Crippen LogP contribution in [0.5, 0.6) is 0 Å². The molecule has 0 heterocycles. The second-order valence-corrected chi connectivity index (χ2v) is 4.44. The predicted molar refractivity (Wildman–Crippen MR) is 66.0 cm³/mol. The molecule has 17 heavy (non-hydrogen) atoms. The fourth-order valence-electron chi connectivity index (χ4n) is 1.47. The summed E-state index contributed by atoms with van der Waals surface area (Å²) in [6, 6.07) is 6.70. The van der Waals surface area contributed by atoms with Crippen molar-refractivity contribution in [2.75, 3.05) is 5.32 Å². The molecule has 0 radical (unpaired) electrons. The largest absolute Gasteiger partial charge is 0.481 e. The Balaban J connectivity index is 2.85. The molecule has 1 unspecified atom stereocenters. The number of rotatable bonds is 4. The minimum absolute atomic E-state index is 0.282. The Bertz CT molecular complexity index is 432. The molecular weight excluding hydrogens is 242 g/mol. The summed E-state index contributed by atoms with van der Waals surface area (Å²) in [5, 5.41) is 11.9. The van der Waals surface area contributed by atoms with Crippen molar-refractivity contribution in [3.63, 3.8) is 0 Å². The van der Waals surface area contributed by atoms with E-state index in [4.69, 9.17) is 16.7 Å². The van der Waals surface area contributed by atoms with E-state index < -0.39 is 17.8 Å². The predicted octanol–water partition coefficient (Wildman–Crippen LogP) is 2.64. The maximum Gasteiger partial charge on any atom is 0.316 e. The molecule has 1 aromatic carbocycles. The number of carboxylic acids is 1. The number of carboxylic acid groups (broad SMARTS) is 1. The second-order valence-electron chi connectivity index (χ2n) is 4.03. The van der Waals surface area contributed by atoms with Crippen molar-refractivity contribution in [3.05, 3.63) is 29.3 Å². The molecule has 1 aromatic rings. The van der Waals surface area contributed by atoms with E-state index in [-0.39, 0.29) is 5.92 Å². The lowest BCUT2D eigenvalue weighted by Gasteiger charge is -2.16. The smallest absolute Gasteiger partial charge is 0.316 e. The molecule has 0 saturated carbocycles. The molecule has 4 nitrogen and oxygen atoms in total. The zero-order valence-electron chi connectivity index (χ0n) is 9.61. The highest BCUT2D eigenvalue weighted by Gasteiger charge is 2.29. The van der Waals surface area contributed by atoms with Crippen molar-refractivity contribution in [2.45, 2.75) is 13.8 Å². The molecule has 5 heteroatoms. The van der Waals surface area contributed by atoms with Crippen LogP contribution in [-0.2, 0) is 9.59 Å². The molecular formula is C12H14ClNO3. The Morgan fingerprint density at radius 2 is 1.88 bits per heavy atom. The van der Waals surface area contributed by atoms with Crippen LogP contribution in [0, 0.1) is 11.8 Å². The van der Waals surface area contributed by atoms with Crippen molar-refractivity contribution in [1.82, 2.24) is 0 Å². The zero-order chi connectivity index (χ0) is 13.0. The quantitative estimate of drug-likeness (QED) is 0.813. The highest BCUT2D eigenvalue weighted by molar-refractivity contribution is 6.33. The first-order valence-electron chi connectivity index (χ1n) is 5.21. The maximum absolute atomic E-state index is 11.8. The standard InChI is InChI=1S/C12H14ClNO3/c1-7(2)10(12(16)17)11(15)14-9-6-4-3-5-8(9)13/h3-7,10H,1-2H3,(H,14,15)(H,16,17). The van der Waals surface area contributed by atoms with Gasteiger partial charge in [0.25, 0.3) is 0 Å². The molecule has 0 aliphatic carbocycles. The number of amides is 1. The summed E-state index contributed by atoms with van der Waals surface area (Å²) in [6.45, 7) is 3.37. The topological polar surface area (TPSA) is 66.4 Å². The zero-order valence-corrected chi connectivity index (χ0v) is 10.4. The number of aliphatic carboxylic acids is 1.